The summed E-state index contributed by atoms with van der Waals surface area (Å²) in [6, 6.07) is 7.74. The van der Waals surface area contributed by atoms with Crippen LogP contribution < -0.4 is 5.32 Å². The molecule has 0 unspecified atom stereocenters. The summed E-state index contributed by atoms with van der Waals surface area (Å²) in [4.78, 5) is 0. The van der Waals surface area contributed by atoms with Gasteiger partial charge in [0.2, 0.25) is 0 Å². The van der Waals surface area contributed by atoms with Crippen LogP contribution in [-0.4, -0.2) is 31.8 Å². The van der Waals surface area contributed by atoms with Crippen molar-refractivity contribution in [2.24, 2.45) is 0 Å². The Bertz CT molecular complexity index is 371. The van der Waals surface area contributed by atoms with E-state index in [0.29, 0.717) is 12.4 Å². The van der Waals surface area contributed by atoms with Crippen molar-refractivity contribution >= 4 is 17.3 Å². The molecule has 0 aliphatic carbocycles. The fourth-order valence-electron chi connectivity index (χ4n) is 1.56. The zero-order chi connectivity index (χ0) is 14.1. The van der Waals surface area contributed by atoms with Crippen LogP contribution in [0.25, 0.3) is 0 Å². The first kappa shape index (κ1) is 16.1. The van der Waals surface area contributed by atoms with Crippen molar-refractivity contribution in [3.05, 3.63) is 29.8 Å². The standard InChI is InChI=1S/C13H17ClF3NO/c14-6-2-4-11-3-1-5-12(9-11)18-7-8-19-10-13(15,16)17/h1,3,5,9,18H,2,4,6-8,10H2. The molecule has 0 amide bonds. The minimum Gasteiger partial charge on any atom is -0.383 e. The smallest absolute Gasteiger partial charge is 0.383 e. The largest absolute Gasteiger partial charge is 0.411 e. The molecule has 19 heavy (non-hydrogen) atoms. The van der Waals surface area contributed by atoms with Crippen LogP contribution >= 0.6 is 11.6 Å². The molecule has 1 rings (SSSR count). The SMILES string of the molecule is FC(F)(F)COCCNc1cccc(CCCCl)c1. The van der Waals surface area contributed by atoms with Gasteiger partial charge in [0.05, 0.1) is 6.61 Å². The first-order valence-corrected chi connectivity index (χ1v) is 6.58. The Labute approximate surface area is 115 Å². The van der Waals surface area contributed by atoms with Crippen LogP contribution in [0.4, 0.5) is 18.9 Å². The third kappa shape index (κ3) is 7.95. The molecule has 0 radical (unpaired) electrons. The molecule has 0 heterocycles. The van der Waals surface area contributed by atoms with Crippen LogP contribution in [0.2, 0.25) is 0 Å². The highest BCUT2D eigenvalue weighted by atomic mass is 35.5. The topological polar surface area (TPSA) is 21.3 Å². The Morgan fingerprint density at radius 1 is 1.26 bits per heavy atom. The summed E-state index contributed by atoms with van der Waals surface area (Å²) < 4.78 is 40.0. The minimum absolute atomic E-state index is 0.0193. The lowest BCUT2D eigenvalue weighted by Crippen LogP contribution is -2.20. The minimum atomic E-state index is -4.26. The lowest BCUT2D eigenvalue weighted by atomic mass is 10.1. The highest BCUT2D eigenvalue weighted by Crippen LogP contribution is 2.15. The van der Waals surface area contributed by atoms with Gasteiger partial charge in [0.25, 0.3) is 0 Å². The monoisotopic (exact) mass is 295 g/mol. The van der Waals surface area contributed by atoms with Gasteiger partial charge in [-0.15, -0.1) is 11.6 Å². The number of nitrogens with one attached hydrogen (secondary N) is 1. The second kappa shape index (κ2) is 8.27. The number of benzene rings is 1. The Morgan fingerprint density at radius 3 is 2.74 bits per heavy atom. The number of hydrogen-bond donors (Lipinski definition) is 1. The Kier molecular flexibility index (Phi) is 7.02. The van der Waals surface area contributed by atoms with Crippen molar-refractivity contribution in [1.82, 2.24) is 0 Å². The van der Waals surface area contributed by atoms with E-state index in [2.05, 4.69) is 10.1 Å². The van der Waals surface area contributed by atoms with Gasteiger partial charge >= 0.3 is 6.18 Å². The highest BCUT2D eigenvalue weighted by Gasteiger charge is 2.27. The van der Waals surface area contributed by atoms with Crippen molar-refractivity contribution in [3.63, 3.8) is 0 Å². The van der Waals surface area contributed by atoms with Crippen molar-refractivity contribution < 1.29 is 17.9 Å². The quantitative estimate of drug-likeness (QED) is 0.581. The molecule has 1 aromatic rings. The number of rotatable bonds is 8. The predicted molar refractivity (Wildman–Crippen MR) is 70.8 cm³/mol. The van der Waals surface area contributed by atoms with Gasteiger partial charge in [0.15, 0.2) is 0 Å². The van der Waals surface area contributed by atoms with Crippen LogP contribution in [0, 0.1) is 0 Å². The van der Waals surface area contributed by atoms with Gasteiger partial charge in [0.1, 0.15) is 6.61 Å². The molecule has 0 saturated carbocycles. The normalized spacial score (nSPS) is 11.6. The predicted octanol–water partition coefficient (Wildman–Crippen LogP) is 3.85. The first-order chi connectivity index (χ1) is 9.01. The lowest BCUT2D eigenvalue weighted by molar-refractivity contribution is -0.172. The van der Waals surface area contributed by atoms with E-state index in [4.69, 9.17) is 11.6 Å². The van der Waals surface area contributed by atoms with E-state index < -0.39 is 12.8 Å². The molecule has 0 aliphatic heterocycles. The van der Waals surface area contributed by atoms with E-state index in [1.54, 1.807) is 0 Å². The molecule has 0 aliphatic rings. The van der Waals surface area contributed by atoms with Crippen molar-refractivity contribution in [3.8, 4) is 0 Å². The molecular weight excluding hydrogens is 279 g/mol. The van der Waals surface area contributed by atoms with Gasteiger partial charge in [-0.3, -0.25) is 0 Å². The molecule has 1 N–H and O–H groups in total. The van der Waals surface area contributed by atoms with Crippen molar-refractivity contribution in [1.29, 1.82) is 0 Å². The molecule has 0 aromatic heterocycles. The molecular formula is C13H17ClF3NO. The number of hydrogen-bond acceptors (Lipinski definition) is 2. The summed E-state index contributed by atoms with van der Waals surface area (Å²) in [5.41, 5.74) is 2.03. The van der Waals surface area contributed by atoms with E-state index in [1.807, 2.05) is 24.3 Å². The van der Waals surface area contributed by atoms with Gasteiger partial charge in [-0.25, -0.2) is 0 Å². The maximum absolute atomic E-state index is 11.8. The van der Waals surface area contributed by atoms with Gasteiger partial charge in [0, 0.05) is 18.1 Å². The number of alkyl halides is 4. The number of ether oxygens (including phenoxy) is 1. The van der Waals surface area contributed by atoms with Crippen molar-refractivity contribution in [2.45, 2.75) is 19.0 Å². The first-order valence-electron chi connectivity index (χ1n) is 6.04. The molecule has 0 bridgehead atoms. The van der Waals surface area contributed by atoms with Crippen LogP contribution in [0.15, 0.2) is 24.3 Å². The van der Waals surface area contributed by atoms with E-state index in [1.165, 1.54) is 0 Å². The summed E-state index contributed by atoms with van der Waals surface area (Å²) in [7, 11) is 0. The third-order valence-electron chi connectivity index (χ3n) is 2.37. The van der Waals surface area contributed by atoms with Gasteiger partial charge in [-0.2, -0.15) is 13.2 Å². The summed E-state index contributed by atoms with van der Waals surface area (Å²) in [6.07, 6.45) is -2.47. The van der Waals surface area contributed by atoms with E-state index >= 15 is 0 Å². The average Bonchev–Trinajstić information content (AvgIpc) is 2.35. The van der Waals surface area contributed by atoms with E-state index in [9.17, 15) is 13.2 Å². The third-order valence-corrected chi connectivity index (χ3v) is 2.63. The fourth-order valence-corrected chi connectivity index (χ4v) is 1.70. The summed E-state index contributed by atoms with van der Waals surface area (Å²) >= 11 is 5.62. The molecule has 0 atom stereocenters. The molecule has 0 saturated heterocycles. The zero-order valence-corrected chi connectivity index (χ0v) is 11.2. The van der Waals surface area contributed by atoms with Crippen LogP contribution in [-0.2, 0) is 11.2 Å². The maximum Gasteiger partial charge on any atom is 0.411 e. The number of anilines is 1. The number of halogens is 4. The second-order valence-corrected chi connectivity index (χ2v) is 4.47. The number of aryl methyl sites for hydroxylation is 1. The molecule has 6 heteroatoms. The summed E-state index contributed by atoms with van der Waals surface area (Å²) in [5.74, 6) is 0.614. The van der Waals surface area contributed by atoms with Crippen LogP contribution in [0.5, 0.6) is 0 Å². The highest BCUT2D eigenvalue weighted by molar-refractivity contribution is 6.17. The van der Waals surface area contributed by atoms with E-state index in [0.717, 1.165) is 24.1 Å². The van der Waals surface area contributed by atoms with Gasteiger partial charge in [-0.05, 0) is 30.5 Å². The Morgan fingerprint density at radius 2 is 2.05 bits per heavy atom. The second-order valence-electron chi connectivity index (χ2n) is 4.09. The van der Waals surface area contributed by atoms with Crippen LogP contribution in [0.3, 0.4) is 0 Å². The van der Waals surface area contributed by atoms with Crippen molar-refractivity contribution in [2.75, 3.05) is 31.0 Å². The fraction of sp³-hybridized carbons (Fsp3) is 0.538. The lowest BCUT2D eigenvalue weighted by Gasteiger charge is -2.10. The average molecular weight is 296 g/mol. The zero-order valence-electron chi connectivity index (χ0n) is 10.5. The molecule has 0 spiro atoms. The van der Waals surface area contributed by atoms with E-state index in [-0.39, 0.29) is 6.61 Å². The Balaban J connectivity index is 2.25. The molecule has 0 fully saturated rings. The summed E-state index contributed by atoms with van der Waals surface area (Å²) in [5, 5.41) is 3.02. The Hall–Kier alpha value is -0.940. The maximum atomic E-state index is 11.8. The van der Waals surface area contributed by atoms with Gasteiger partial charge < -0.3 is 10.1 Å². The van der Waals surface area contributed by atoms with Crippen LogP contribution in [0.1, 0.15) is 12.0 Å². The summed E-state index contributed by atoms with van der Waals surface area (Å²) in [6.45, 7) is -0.842. The molecule has 108 valence electrons. The molecule has 2 nitrogen and oxygen atoms in total. The molecule has 1 aromatic carbocycles. The van der Waals surface area contributed by atoms with Gasteiger partial charge in [-0.1, -0.05) is 12.1 Å².